The molecule has 2 rings (SSSR count). The molecular formula is C9H9N3O2S4. The lowest BCUT2D eigenvalue weighted by atomic mass is 10.5. The highest BCUT2D eigenvalue weighted by Crippen LogP contribution is 2.21. The van der Waals surface area contributed by atoms with Gasteiger partial charge in [0, 0.05) is 11.6 Å². The maximum absolute atomic E-state index is 12.0. The van der Waals surface area contributed by atoms with Gasteiger partial charge in [-0.2, -0.15) is 0 Å². The Morgan fingerprint density at radius 2 is 2.28 bits per heavy atom. The fourth-order valence-electron chi connectivity index (χ4n) is 1.17. The van der Waals surface area contributed by atoms with Gasteiger partial charge in [-0.05, 0) is 12.1 Å². The van der Waals surface area contributed by atoms with E-state index in [1.165, 1.54) is 17.4 Å². The van der Waals surface area contributed by atoms with Crippen LogP contribution in [0.2, 0.25) is 0 Å². The van der Waals surface area contributed by atoms with Crippen LogP contribution in [-0.4, -0.2) is 18.4 Å². The van der Waals surface area contributed by atoms with Crippen LogP contribution < -0.4 is 10.5 Å². The Labute approximate surface area is 118 Å². The second-order valence-corrected chi connectivity index (χ2v) is 7.73. The zero-order valence-corrected chi connectivity index (χ0v) is 12.3. The average molecular weight is 319 g/mol. The number of aromatic nitrogens is 1. The number of hydrogen-bond donors (Lipinski definition) is 2. The summed E-state index contributed by atoms with van der Waals surface area (Å²) in [6.07, 6.45) is 1.63. The van der Waals surface area contributed by atoms with Gasteiger partial charge in [-0.15, -0.1) is 22.7 Å². The topological polar surface area (TPSA) is 85.1 Å². The molecule has 2 aromatic rings. The number of rotatable bonds is 5. The zero-order valence-electron chi connectivity index (χ0n) is 8.99. The smallest absolute Gasteiger partial charge is 0.250 e. The molecule has 5 nitrogen and oxygen atoms in total. The van der Waals surface area contributed by atoms with Gasteiger partial charge in [0.25, 0.3) is 0 Å². The quantitative estimate of drug-likeness (QED) is 0.812. The largest absolute Gasteiger partial charge is 0.389 e. The summed E-state index contributed by atoms with van der Waals surface area (Å²) in [6.45, 7) is 0.181. The Morgan fingerprint density at radius 1 is 1.50 bits per heavy atom. The Kier molecular flexibility index (Phi) is 4.07. The van der Waals surface area contributed by atoms with Gasteiger partial charge < -0.3 is 5.73 Å². The molecule has 0 unspecified atom stereocenters. The molecule has 0 spiro atoms. The summed E-state index contributed by atoms with van der Waals surface area (Å²) in [5.74, 6) is 0. The van der Waals surface area contributed by atoms with E-state index in [1.807, 2.05) is 0 Å². The number of thiocarbonyl (C=S) groups is 1. The van der Waals surface area contributed by atoms with Crippen LogP contribution in [0.4, 0.5) is 0 Å². The lowest BCUT2D eigenvalue weighted by Gasteiger charge is -2.01. The summed E-state index contributed by atoms with van der Waals surface area (Å²) in [7, 11) is -3.53. The van der Waals surface area contributed by atoms with Crippen molar-refractivity contribution in [2.75, 3.05) is 0 Å². The molecule has 0 saturated heterocycles. The molecule has 18 heavy (non-hydrogen) atoms. The summed E-state index contributed by atoms with van der Waals surface area (Å²) in [6, 6.07) is 3.09. The van der Waals surface area contributed by atoms with Gasteiger partial charge >= 0.3 is 0 Å². The van der Waals surface area contributed by atoms with E-state index >= 15 is 0 Å². The van der Waals surface area contributed by atoms with Gasteiger partial charge in [-0.25, -0.2) is 18.1 Å². The van der Waals surface area contributed by atoms with E-state index in [1.54, 1.807) is 17.6 Å². The maximum Gasteiger partial charge on any atom is 0.250 e. The molecule has 0 aliphatic carbocycles. The molecule has 2 aromatic heterocycles. The number of thiophene rings is 1. The van der Waals surface area contributed by atoms with Gasteiger partial charge in [-0.1, -0.05) is 12.2 Å². The van der Waals surface area contributed by atoms with E-state index in [9.17, 15) is 8.42 Å². The molecule has 3 N–H and O–H groups in total. The van der Waals surface area contributed by atoms with Crippen molar-refractivity contribution in [3.05, 3.63) is 33.6 Å². The van der Waals surface area contributed by atoms with E-state index in [-0.39, 0.29) is 15.7 Å². The van der Waals surface area contributed by atoms with Crippen LogP contribution in [0.5, 0.6) is 0 Å². The lowest BCUT2D eigenvalue weighted by molar-refractivity contribution is 0.583. The van der Waals surface area contributed by atoms with Crippen LogP contribution in [-0.2, 0) is 16.6 Å². The van der Waals surface area contributed by atoms with E-state index in [0.29, 0.717) is 9.88 Å². The predicted octanol–water partition coefficient (Wildman–Crippen LogP) is 1.32. The van der Waals surface area contributed by atoms with Gasteiger partial charge in [0.05, 0.1) is 11.4 Å². The van der Waals surface area contributed by atoms with E-state index < -0.39 is 10.0 Å². The number of nitrogens with one attached hydrogen (secondary N) is 1. The highest BCUT2D eigenvalue weighted by molar-refractivity contribution is 7.91. The summed E-state index contributed by atoms with van der Waals surface area (Å²) in [4.78, 5) is 4.78. The summed E-state index contributed by atoms with van der Waals surface area (Å²) < 4.78 is 26.6. The van der Waals surface area contributed by atoms with Crippen molar-refractivity contribution in [3.63, 3.8) is 0 Å². The summed E-state index contributed by atoms with van der Waals surface area (Å²) in [5, 5.41) is 2.50. The molecule has 0 aromatic carbocycles. The highest BCUT2D eigenvalue weighted by Gasteiger charge is 2.17. The third-order valence-electron chi connectivity index (χ3n) is 1.99. The molecule has 0 amide bonds. The molecule has 9 heteroatoms. The number of sulfonamides is 1. The lowest BCUT2D eigenvalue weighted by Crippen LogP contribution is -2.22. The maximum atomic E-state index is 12.0. The second-order valence-electron chi connectivity index (χ2n) is 3.23. The van der Waals surface area contributed by atoms with E-state index in [4.69, 9.17) is 18.0 Å². The molecule has 0 radical (unpaired) electrons. The summed E-state index contributed by atoms with van der Waals surface area (Å²) in [5.41, 5.74) is 5.44. The molecular weight excluding hydrogens is 310 g/mol. The third-order valence-corrected chi connectivity index (χ3v) is 6.13. The normalized spacial score (nSPS) is 11.6. The van der Waals surface area contributed by atoms with Gasteiger partial charge in [-0.3, -0.25) is 0 Å². The molecule has 0 saturated carbocycles. The first-order valence-electron chi connectivity index (χ1n) is 4.77. The van der Waals surface area contributed by atoms with Crippen molar-refractivity contribution in [3.8, 4) is 0 Å². The Morgan fingerprint density at radius 3 is 2.83 bits per heavy atom. The average Bonchev–Trinajstić information content (AvgIpc) is 2.98. The van der Waals surface area contributed by atoms with E-state index in [2.05, 4.69) is 9.71 Å². The minimum atomic E-state index is -3.53. The van der Waals surface area contributed by atoms with Gasteiger partial charge in [0.1, 0.15) is 14.2 Å². The first-order valence-corrected chi connectivity index (χ1v) is 8.35. The highest BCUT2D eigenvalue weighted by atomic mass is 32.2. The summed E-state index contributed by atoms with van der Waals surface area (Å²) >= 11 is 7.24. The van der Waals surface area contributed by atoms with Crippen molar-refractivity contribution in [1.29, 1.82) is 0 Å². The second kappa shape index (κ2) is 5.41. The number of hydrogen-bond acceptors (Lipinski definition) is 6. The van der Waals surface area contributed by atoms with Crippen molar-refractivity contribution in [2.45, 2.75) is 10.8 Å². The van der Waals surface area contributed by atoms with E-state index in [0.717, 1.165) is 11.3 Å². The van der Waals surface area contributed by atoms with Crippen LogP contribution in [0.15, 0.2) is 27.9 Å². The van der Waals surface area contributed by atoms with Crippen LogP contribution >= 0.6 is 34.9 Å². The standard InChI is InChI=1S/C9H9N3O2S4/c10-9(15)6-1-2-8(17-6)18(13,14)12-5-7-11-3-4-16-7/h1-4,12H,5H2,(H2,10,15). The van der Waals surface area contributed by atoms with Crippen molar-refractivity contribution in [1.82, 2.24) is 9.71 Å². The van der Waals surface area contributed by atoms with Crippen LogP contribution in [0, 0.1) is 0 Å². The monoisotopic (exact) mass is 319 g/mol. The van der Waals surface area contributed by atoms with Crippen LogP contribution in [0.1, 0.15) is 9.88 Å². The molecule has 0 atom stereocenters. The molecule has 2 heterocycles. The van der Waals surface area contributed by atoms with Gasteiger partial charge in [0.15, 0.2) is 0 Å². The number of thiazole rings is 1. The molecule has 96 valence electrons. The minimum Gasteiger partial charge on any atom is -0.389 e. The first kappa shape index (κ1) is 13.6. The molecule has 0 aliphatic rings. The zero-order chi connectivity index (χ0) is 13.2. The Bertz CT molecular complexity index is 645. The fourth-order valence-corrected chi connectivity index (χ4v) is 4.20. The molecule has 0 aliphatic heterocycles. The Hall–Kier alpha value is -0.870. The molecule has 0 fully saturated rings. The predicted molar refractivity (Wildman–Crippen MR) is 76.3 cm³/mol. The third kappa shape index (κ3) is 3.12. The first-order chi connectivity index (χ1) is 8.49. The minimum absolute atomic E-state index is 0.181. The SMILES string of the molecule is NC(=S)c1ccc(S(=O)(=O)NCc2nccs2)s1. The molecule has 0 bridgehead atoms. The van der Waals surface area contributed by atoms with Crippen molar-refractivity contribution >= 4 is 49.9 Å². The number of nitrogens with zero attached hydrogens (tertiary/aromatic N) is 1. The van der Waals surface area contributed by atoms with Gasteiger partial charge in [0.2, 0.25) is 10.0 Å². The number of nitrogens with two attached hydrogens (primary N) is 1. The fraction of sp³-hybridized carbons (Fsp3) is 0.111. The van der Waals surface area contributed by atoms with Crippen LogP contribution in [0.3, 0.4) is 0 Å². The van der Waals surface area contributed by atoms with Crippen molar-refractivity contribution in [2.24, 2.45) is 5.73 Å². The van der Waals surface area contributed by atoms with Crippen molar-refractivity contribution < 1.29 is 8.42 Å². The van der Waals surface area contributed by atoms with Crippen LogP contribution in [0.25, 0.3) is 0 Å². The Balaban J connectivity index is 2.12.